The fourth-order valence-electron chi connectivity index (χ4n) is 4.18. The van der Waals surface area contributed by atoms with Gasteiger partial charge in [0.25, 0.3) is 20.2 Å². The third-order valence-corrected chi connectivity index (χ3v) is 7.60. The number of phenols is 1. The van der Waals surface area contributed by atoms with Gasteiger partial charge < -0.3 is 5.11 Å². The van der Waals surface area contributed by atoms with E-state index in [1.165, 1.54) is 18.2 Å². The number of azo groups is 2. The number of benzene rings is 4. The van der Waals surface area contributed by atoms with Crippen LogP contribution in [-0.4, -0.2) is 31.0 Å². The molecule has 4 rings (SSSR count). The maximum Gasteiger partial charge on any atom is 0.296 e. The second-order valence-corrected chi connectivity index (χ2v) is 11.8. The van der Waals surface area contributed by atoms with E-state index in [0.717, 1.165) is 0 Å². The second kappa shape index (κ2) is 10.3. The van der Waals surface area contributed by atoms with Crippen LogP contribution in [0.2, 0.25) is 0 Å². The Bertz CT molecular complexity index is 1920. The molecule has 11 nitrogen and oxygen atoms in total. The summed E-state index contributed by atoms with van der Waals surface area (Å²) in [7, 11) is -9.22. The molecule has 0 bridgehead atoms. The molecule has 0 spiro atoms. The smallest absolute Gasteiger partial charge is 0.296 e. The molecule has 0 atom stereocenters. The van der Waals surface area contributed by atoms with Gasteiger partial charge in [-0.25, -0.2) is 0 Å². The SMILES string of the molecule is Cc1cc(C)c(N=Nc2cc(N=Nc3c(C)cc(C)cc3S(=O)(=O)O)c3ccccc3c2O)c(S(=O)(=O)O)c1. The standard InChI is InChI=1S/C26H24N4O7S2/c1-14-9-16(3)24(22(11-14)38(32,33)34)29-27-20-13-21(26(31)19-8-6-5-7-18(19)20)28-30-25-17(4)10-15(2)12-23(25)39(35,36)37/h5-13,31H,1-4H3,(H,32,33,34)(H,35,36,37). The van der Waals surface area contributed by atoms with E-state index in [1.54, 1.807) is 64.1 Å². The molecule has 0 aromatic heterocycles. The fraction of sp³-hybridized carbons (Fsp3) is 0.154. The van der Waals surface area contributed by atoms with Crippen molar-refractivity contribution in [1.29, 1.82) is 0 Å². The lowest BCUT2D eigenvalue weighted by Gasteiger charge is -2.10. The van der Waals surface area contributed by atoms with Gasteiger partial charge in [0.15, 0.2) is 5.75 Å². The lowest BCUT2D eigenvalue weighted by Crippen LogP contribution is -2.00. The lowest BCUT2D eigenvalue weighted by atomic mass is 10.1. The van der Waals surface area contributed by atoms with Crippen LogP contribution in [0.15, 0.2) is 84.8 Å². The van der Waals surface area contributed by atoms with Crippen molar-refractivity contribution >= 4 is 53.8 Å². The van der Waals surface area contributed by atoms with Crippen molar-refractivity contribution in [2.24, 2.45) is 20.5 Å². The van der Waals surface area contributed by atoms with Gasteiger partial charge in [-0.2, -0.15) is 16.8 Å². The van der Waals surface area contributed by atoms with Crippen LogP contribution >= 0.6 is 0 Å². The quantitative estimate of drug-likeness (QED) is 0.164. The van der Waals surface area contributed by atoms with E-state index in [2.05, 4.69) is 20.5 Å². The summed E-state index contributed by atoms with van der Waals surface area (Å²) in [5.41, 5.74) is 2.02. The monoisotopic (exact) mass is 568 g/mol. The Hall–Kier alpha value is -4.04. The maximum atomic E-state index is 12.0. The van der Waals surface area contributed by atoms with E-state index < -0.39 is 30.0 Å². The highest BCUT2D eigenvalue weighted by Gasteiger charge is 2.20. The van der Waals surface area contributed by atoms with E-state index in [0.29, 0.717) is 33.0 Å². The van der Waals surface area contributed by atoms with Crippen LogP contribution in [0.5, 0.6) is 5.75 Å². The molecule has 4 aromatic carbocycles. The summed E-state index contributed by atoms with van der Waals surface area (Å²) < 4.78 is 67.3. The minimum absolute atomic E-state index is 0.0588. The minimum atomic E-state index is -4.62. The van der Waals surface area contributed by atoms with Gasteiger partial charge in [-0.15, -0.1) is 20.5 Å². The molecule has 0 aliphatic carbocycles. The molecule has 0 fully saturated rings. The molecule has 3 N–H and O–H groups in total. The van der Waals surface area contributed by atoms with Gasteiger partial charge in [-0.1, -0.05) is 36.4 Å². The van der Waals surface area contributed by atoms with Gasteiger partial charge in [0, 0.05) is 10.8 Å². The fourth-order valence-corrected chi connectivity index (χ4v) is 5.75. The summed E-state index contributed by atoms with van der Waals surface area (Å²) in [4.78, 5) is -0.837. The Kier molecular flexibility index (Phi) is 7.36. The zero-order chi connectivity index (χ0) is 28.7. The number of phenolic OH excluding ortho intramolecular Hbond substituents is 1. The van der Waals surface area contributed by atoms with Crippen molar-refractivity contribution in [2.75, 3.05) is 0 Å². The molecule has 202 valence electrons. The number of aryl methyl sites for hydroxylation is 4. The third kappa shape index (κ3) is 5.86. The predicted octanol–water partition coefficient (Wildman–Crippen LogP) is 7.10. The van der Waals surface area contributed by atoms with E-state index in [1.807, 2.05) is 0 Å². The van der Waals surface area contributed by atoms with Crippen LogP contribution in [-0.2, 0) is 20.2 Å². The summed E-state index contributed by atoms with van der Waals surface area (Å²) in [5, 5.41) is 28.1. The van der Waals surface area contributed by atoms with Gasteiger partial charge in [-0.3, -0.25) is 9.11 Å². The van der Waals surface area contributed by atoms with Crippen LogP contribution in [0.3, 0.4) is 0 Å². The van der Waals surface area contributed by atoms with E-state index in [9.17, 15) is 31.0 Å². The highest BCUT2D eigenvalue weighted by atomic mass is 32.2. The van der Waals surface area contributed by atoms with Gasteiger partial charge in [-0.05, 0) is 68.1 Å². The molecule has 0 aliphatic rings. The third-order valence-electron chi connectivity index (χ3n) is 5.87. The average molecular weight is 569 g/mol. The number of rotatable bonds is 6. The number of nitrogens with zero attached hydrogens (tertiary/aromatic N) is 4. The summed E-state index contributed by atoms with van der Waals surface area (Å²) >= 11 is 0. The summed E-state index contributed by atoms with van der Waals surface area (Å²) in [5.74, 6) is -0.267. The van der Waals surface area contributed by atoms with Crippen LogP contribution in [0, 0.1) is 27.7 Å². The van der Waals surface area contributed by atoms with E-state index in [4.69, 9.17) is 0 Å². The van der Waals surface area contributed by atoms with Crippen molar-refractivity contribution < 1.29 is 31.0 Å². The molecule has 39 heavy (non-hydrogen) atoms. The molecule has 0 amide bonds. The van der Waals surface area contributed by atoms with Crippen LogP contribution in [0.25, 0.3) is 10.8 Å². The second-order valence-electron chi connectivity index (χ2n) is 9.02. The zero-order valence-corrected chi connectivity index (χ0v) is 22.9. The Morgan fingerprint density at radius 1 is 0.590 bits per heavy atom. The molecule has 4 aromatic rings. The Morgan fingerprint density at radius 3 is 1.49 bits per heavy atom. The highest BCUT2D eigenvalue weighted by Crippen LogP contribution is 2.43. The van der Waals surface area contributed by atoms with Gasteiger partial charge in [0.05, 0.1) is 5.69 Å². The van der Waals surface area contributed by atoms with Crippen molar-refractivity contribution in [3.63, 3.8) is 0 Å². The predicted molar refractivity (Wildman–Crippen MR) is 145 cm³/mol. The molecular weight excluding hydrogens is 544 g/mol. The molecule has 0 unspecified atom stereocenters. The van der Waals surface area contributed by atoms with E-state index >= 15 is 0 Å². The van der Waals surface area contributed by atoms with Crippen molar-refractivity contribution in [1.82, 2.24) is 0 Å². The molecule has 0 saturated heterocycles. The first kappa shape index (κ1) is 28.0. The molecule has 0 radical (unpaired) electrons. The number of fused-ring (bicyclic) bond motifs is 1. The van der Waals surface area contributed by atoms with Gasteiger partial charge in [0.1, 0.15) is 26.9 Å². The Labute approximate surface area is 225 Å². The first-order valence-corrected chi connectivity index (χ1v) is 14.3. The first-order chi connectivity index (χ1) is 18.2. The summed E-state index contributed by atoms with van der Waals surface area (Å²) in [6.45, 7) is 6.57. The molecular formula is C26H24N4O7S2. The van der Waals surface area contributed by atoms with E-state index in [-0.39, 0.29) is 28.5 Å². The number of hydrogen-bond acceptors (Lipinski definition) is 9. The average Bonchev–Trinajstić information content (AvgIpc) is 2.83. The lowest BCUT2D eigenvalue weighted by molar-refractivity contribution is 0.481. The summed E-state index contributed by atoms with van der Waals surface area (Å²) in [6, 6.07) is 13.9. The van der Waals surface area contributed by atoms with Crippen molar-refractivity contribution in [3.8, 4) is 5.75 Å². The van der Waals surface area contributed by atoms with Gasteiger partial charge >= 0.3 is 0 Å². The highest BCUT2D eigenvalue weighted by molar-refractivity contribution is 7.86. The Balaban J connectivity index is 1.91. The normalized spacial score (nSPS) is 12.7. The Morgan fingerprint density at radius 2 is 1.03 bits per heavy atom. The largest absolute Gasteiger partial charge is 0.505 e. The summed E-state index contributed by atoms with van der Waals surface area (Å²) in [6.07, 6.45) is 0. The number of aromatic hydroxyl groups is 1. The minimum Gasteiger partial charge on any atom is -0.505 e. The van der Waals surface area contributed by atoms with Crippen molar-refractivity contribution in [3.05, 3.63) is 76.9 Å². The zero-order valence-electron chi connectivity index (χ0n) is 21.3. The maximum absolute atomic E-state index is 12.0. The van der Waals surface area contributed by atoms with Crippen molar-refractivity contribution in [2.45, 2.75) is 37.5 Å². The topological polar surface area (TPSA) is 178 Å². The molecule has 13 heteroatoms. The molecule has 0 heterocycles. The molecule has 0 saturated carbocycles. The van der Waals surface area contributed by atoms with Crippen LogP contribution in [0.1, 0.15) is 22.3 Å². The van der Waals surface area contributed by atoms with Gasteiger partial charge in [0.2, 0.25) is 0 Å². The first-order valence-electron chi connectivity index (χ1n) is 11.4. The van der Waals surface area contributed by atoms with Crippen LogP contribution in [0.4, 0.5) is 22.7 Å². The van der Waals surface area contributed by atoms with Crippen LogP contribution < -0.4 is 0 Å². The molecule has 0 aliphatic heterocycles. The number of hydrogen-bond donors (Lipinski definition) is 3.